The molecule has 2 N–H and O–H groups in total. The number of carbonyl (C=O) groups is 1. The summed E-state index contributed by atoms with van der Waals surface area (Å²) in [6, 6.07) is 8.54. The molecule has 3 atom stereocenters. The molecular weight excluding hydrogens is 312 g/mol. The van der Waals surface area contributed by atoms with Crippen LogP contribution >= 0.6 is 0 Å². The van der Waals surface area contributed by atoms with Gasteiger partial charge in [-0.3, -0.25) is 4.79 Å². The maximum atomic E-state index is 12.9. The summed E-state index contributed by atoms with van der Waals surface area (Å²) >= 11 is 0. The second-order valence-electron chi connectivity index (χ2n) is 7.65. The summed E-state index contributed by atoms with van der Waals surface area (Å²) in [5, 5.41) is 6.74. The van der Waals surface area contributed by atoms with E-state index in [0.29, 0.717) is 18.6 Å². The van der Waals surface area contributed by atoms with Crippen LogP contribution in [0.25, 0.3) is 0 Å². The van der Waals surface area contributed by atoms with Crippen molar-refractivity contribution in [2.24, 2.45) is 11.8 Å². The molecule has 1 aromatic carbocycles. The van der Waals surface area contributed by atoms with E-state index in [9.17, 15) is 4.79 Å². The van der Waals surface area contributed by atoms with Crippen molar-refractivity contribution in [2.75, 3.05) is 13.2 Å². The second-order valence-corrected chi connectivity index (χ2v) is 7.65. The van der Waals surface area contributed by atoms with Crippen LogP contribution in [0, 0.1) is 11.8 Å². The van der Waals surface area contributed by atoms with Crippen LogP contribution in [0.5, 0.6) is 5.75 Å². The minimum absolute atomic E-state index is 0.00532. The fraction of sp³-hybridized carbons (Fsp3) is 0.667. The molecular formula is C21H34N2O2. The van der Waals surface area contributed by atoms with Gasteiger partial charge in [-0.2, -0.15) is 0 Å². The molecule has 1 unspecified atom stereocenters. The molecule has 1 heterocycles. The molecule has 1 aliphatic heterocycles. The van der Waals surface area contributed by atoms with Crippen molar-refractivity contribution in [3.63, 3.8) is 0 Å². The lowest BCUT2D eigenvalue weighted by Gasteiger charge is -2.30. The number of ether oxygens (including phenoxy) is 1. The third kappa shape index (κ3) is 6.03. The maximum absolute atomic E-state index is 12.9. The van der Waals surface area contributed by atoms with Gasteiger partial charge in [-0.15, -0.1) is 0 Å². The SMILES string of the molecule is CCCOc1ccccc1C(CC(C)C)NC(=O)[C@H]1CCN[C@@H](C)C1. The predicted molar refractivity (Wildman–Crippen MR) is 103 cm³/mol. The summed E-state index contributed by atoms with van der Waals surface area (Å²) in [5.41, 5.74) is 1.10. The number of piperidine rings is 1. The van der Waals surface area contributed by atoms with Crippen LogP contribution in [-0.4, -0.2) is 25.1 Å². The largest absolute Gasteiger partial charge is 0.493 e. The Balaban J connectivity index is 2.14. The summed E-state index contributed by atoms with van der Waals surface area (Å²) in [6.45, 7) is 10.3. The zero-order valence-electron chi connectivity index (χ0n) is 16.2. The molecule has 2 rings (SSSR count). The van der Waals surface area contributed by atoms with Crippen LogP contribution in [0.2, 0.25) is 0 Å². The van der Waals surface area contributed by atoms with Crippen molar-refractivity contribution in [2.45, 2.75) is 65.5 Å². The molecule has 4 heteroatoms. The van der Waals surface area contributed by atoms with Crippen LogP contribution in [-0.2, 0) is 4.79 Å². The number of rotatable bonds is 8. The molecule has 0 aromatic heterocycles. The highest BCUT2D eigenvalue weighted by Crippen LogP contribution is 2.30. The minimum Gasteiger partial charge on any atom is -0.493 e. The Bertz CT molecular complexity index is 544. The zero-order chi connectivity index (χ0) is 18.2. The van der Waals surface area contributed by atoms with E-state index in [1.807, 2.05) is 18.2 Å². The van der Waals surface area contributed by atoms with Gasteiger partial charge in [0, 0.05) is 17.5 Å². The van der Waals surface area contributed by atoms with E-state index in [1.165, 1.54) is 0 Å². The highest BCUT2D eigenvalue weighted by Gasteiger charge is 2.28. The number of benzene rings is 1. The molecule has 4 nitrogen and oxygen atoms in total. The fourth-order valence-electron chi connectivity index (χ4n) is 3.51. The lowest BCUT2D eigenvalue weighted by Crippen LogP contribution is -2.43. The standard InChI is InChI=1S/C21H34N2O2/c1-5-12-25-20-9-7-6-8-18(20)19(13-15(2)3)23-21(24)17-10-11-22-16(4)14-17/h6-9,15-17,19,22H,5,10-14H2,1-4H3,(H,23,24)/t16-,17-,19?/m0/s1. The van der Waals surface area contributed by atoms with Gasteiger partial charge in [0.1, 0.15) is 5.75 Å². The number of hydrogen-bond acceptors (Lipinski definition) is 3. The Hall–Kier alpha value is -1.55. The fourth-order valence-corrected chi connectivity index (χ4v) is 3.51. The molecule has 1 fully saturated rings. The smallest absolute Gasteiger partial charge is 0.223 e. The second kappa shape index (κ2) is 9.81. The lowest BCUT2D eigenvalue weighted by atomic mass is 9.90. The molecule has 1 saturated heterocycles. The van der Waals surface area contributed by atoms with E-state index < -0.39 is 0 Å². The predicted octanol–water partition coefficient (Wildman–Crippen LogP) is 4.07. The summed E-state index contributed by atoms with van der Waals surface area (Å²) in [7, 11) is 0. The van der Waals surface area contributed by atoms with Gasteiger partial charge in [-0.25, -0.2) is 0 Å². The Kier molecular flexibility index (Phi) is 7.76. The Morgan fingerprint density at radius 1 is 1.36 bits per heavy atom. The lowest BCUT2D eigenvalue weighted by molar-refractivity contribution is -0.127. The quantitative estimate of drug-likeness (QED) is 0.746. The van der Waals surface area contributed by atoms with E-state index in [4.69, 9.17) is 4.74 Å². The first kappa shape index (κ1) is 19.8. The Labute approximate surface area is 152 Å². The topological polar surface area (TPSA) is 50.4 Å². The average molecular weight is 347 g/mol. The Morgan fingerprint density at radius 3 is 2.80 bits per heavy atom. The van der Waals surface area contributed by atoms with E-state index >= 15 is 0 Å². The van der Waals surface area contributed by atoms with E-state index in [-0.39, 0.29) is 17.9 Å². The monoisotopic (exact) mass is 346 g/mol. The van der Waals surface area contributed by atoms with Crippen molar-refractivity contribution >= 4 is 5.91 Å². The van der Waals surface area contributed by atoms with Gasteiger partial charge in [-0.1, -0.05) is 39.0 Å². The van der Waals surface area contributed by atoms with Crippen LogP contribution in [0.3, 0.4) is 0 Å². The molecule has 1 amide bonds. The van der Waals surface area contributed by atoms with Gasteiger partial charge in [0.05, 0.1) is 12.6 Å². The normalized spacial score (nSPS) is 21.8. The van der Waals surface area contributed by atoms with Gasteiger partial charge in [-0.05, 0) is 51.1 Å². The van der Waals surface area contributed by atoms with Gasteiger partial charge in [0.25, 0.3) is 0 Å². The summed E-state index contributed by atoms with van der Waals surface area (Å²) in [4.78, 5) is 12.9. The van der Waals surface area contributed by atoms with Crippen molar-refractivity contribution in [3.05, 3.63) is 29.8 Å². The first-order valence-electron chi connectivity index (χ1n) is 9.76. The molecule has 25 heavy (non-hydrogen) atoms. The molecule has 0 radical (unpaired) electrons. The molecule has 1 aromatic rings. The van der Waals surface area contributed by atoms with Crippen molar-refractivity contribution in [1.82, 2.24) is 10.6 Å². The van der Waals surface area contributed by atoms with Crippen LogP contribution < -0.4 is 15.4 Å². The molecule has 0 saturated carbocycles. The first-order chi connectivity index (χ1) is 12.0. The molecule has 0 aliphatic carbocycles. The third-order valence-corrected chi connectivity index (χ3v) is 4.77. The molecule has 1 aliphatic rings. The van der Waals surface area contributed by atoms with Gasteiger partial charge in [0.15, 0.2) is 0 Å². The van der Waals surface area contributed by atoms with Crippen molar-refractivity contribution < 1.29 is 9.53 Å². The van der Waals surface area contributed by atoms with Gasteiger partial charge in [0.2, 0.25) is 5.91 Å². The number of para-hydroxylation sites is 1. The summed E-state index contributed by atoms with van der Waals surface area (Å²) in [5.74, 6) is 1.68. The molecule has 0 bridgehead atoms. The van der Waals surface area contributed by atoms with Crippen LogP contribution in [0.1, 0.15) is 65.0 Å². The van der Waals surface area contributed by atoms with Gasteiger partial charge >= 0.3 is 0 Å². The summed E-state index contributed by atoms with van der Waals surface area (Å²) < 4.78 is 5.93. The first-order valence-corrected chi connectivity index (χ1v) is 9.76. The highest BCUT2D eigenvalue weighted by molar-refractivity contribution is 5.79. The van der Waals surface area contributed by atoms with E-state index in [2.05, 4.69) is 44.4 Å². The van der Waals surface area contributed by atoms with Crippen LogP contribution in [0.15, 0.2) is 24.3 Å². The number of amides is 1. The number of hydrogen-bond donors (Lipinski definition) is 2. The van der Waals surface area contributed by atoms with Crippen LogP contribution in [0.4, 0.5) is 0 Å². The summed E-state index contributed by atoms with van der Waals surface area (Å²) in [6.07, 6.45) is 3.72. The Morgan fingerprint density at radius 2 is 2.12 bits per heavy atom. The minimum atomic E-state index is 0.00532. The molecule has 0 spiro atoms. The third-order valence-electron chi connectivity index (χ3n) is 4.77. The van der Waals surface area contributed by atoms with Crippen molar-refractivity contribution in [3.8, 4) is 5.75 Å². The van der Waals surface area contributed by atoms with Crippen molar-refractivity contribution in [1.29, 1.82) is 0 Å². The number of carbonyl (C=O) groups excluding carboxylic acids is 1. The van der Waals surface area contributed by atoms with E-state index in [1.54, 1.807) is 0 Å². The zero-order valence-corrected chi connectivity index (χ0v) is 16.2. The van der Waals surface area contributed by atoms with Gasteiger partial charge < -0.3 is 15.4 Å². The number of nitrogens with one attached hydrogen (secondary N) is 2. The average Bonchev–Trinajstić information content (AvgIpc) is 2.59. The maximum Gasteiger partial charge on any atom is 0.223 e. The van der Waals surface area contributed by atoms with E-state index in [0.717, 1.165) is 43.5 Å². The highest BCUT2D eigenvalue weighted by atomic mass is 16.5. The molecule has 140 valence electrons.